The highest BCUT2D eigenvalue weighted by atomic mass is 16.5. The molecule has 3 amide bonds. The Labute approximate surface area is 191 Å². The number of H-pyrrole nitrogens is 1. The number of hydrogen-bond acceptors (Lipinski definition) is 7. The summed E-state index contributed by atoms with van der Waals surface area (Å²) in [6.07, 6.45) is -1.20. The second kappa shape index (κ2) is 8.31. The summed E-state index contributed by atoms with van der Waals surface area (Å²) in [7, 11) is 0. The molecular weight excluding hydrogens is 444 g/mol. The van der Waals surface area contributed by atoms with Gasteiger partial charge in [0, 0.05) is 5.92 Å². The Morgan fingerprint density at radius 1 is 1.09 bits per heavy atom. The number of amides is 3. The molecule has 1 saturated heterocycles. The molecule has 12 heteroatoms. The van der Waals surface area contributed by atoms with Gasteiger partial charge in [0.2, 0.25) is 11.7 Å². The van der Waals surface area contributed by atoms with Crippen molar-refractivity contribution in [3.63, 3.8) is 0 Å². The quantitative estimate of drug-likeness (QED) is 0.442. The summed E-state index contributed by atoms with van der Waals surface area (Å²) in [5.41, 5.74) is 6.47. The summed E-state index contributed by atoms with van der Waals surface area (Å²) in [6, 6.07) is 14.5. The Balaban J connectivity index is 1.23. The van der Waals surface area contributed by atoms with E-state index >= 15 is 0 Å². The second-order valence-electron chi connectivity index (χ2n) is 7.73. The summed E-state index contributed by atoms with van der Waals surface area (Å²) in [5.74, 6) is -3.60. The van der Waals surface area contributed by atoms with Crippen molar-refractivity contribution in [1.29, 1.82) is 0 Å². The molecule has 172 valence electrons. The van der Waals surface area contributed by atoms with Gasteiger partial charge in [-0.15, -0.1) is 5.10 Å². The van der Waals surface area contributed by atoms with Crippen LogP contribution in [0.15, 0.2) is 48.5 Å². The van der Waals surface area contributed by atoms with Crippen LogP contribution in [0.2, 0.25) is 0 Å². The van der Waals surface area contributed by atoms with E-state index in [4.69, 9.17) is 4.74 Å². The molecular formula is C22H18N6O6. The minimum absolute atomic E-state index is 0.0795. The summed E-state index contributed by atoms with van der Waals surface area (Å²) in [4.78, 5) is 51.5. The van der Waals surface area contributed by atoms with Gasteiger partial charge in [-0.05, 0) is 22.3 Å². The van der Waals surface area contributed by atoms with Crippen molar-refractivity contribution in [2.75, 3.05) is 11.9 Å². The molecule has 5 rings (SSSR count). The van der Waals surface area contributed by atoms with Gasteiger partial charge in [0.05, 0.1) is 6.42 Å². The molecule has 3 aromatic rings. The molecule has 0 bridgehead atoms. The van der Waals surface area contributed by atoms with Crippen LogP contribution in [0, 0.1) is 0 Å². The number of nitrogens with zero attached hydrogens (tertiary/aromatic N) is 3. The average Bonchev–Trinajstić information content (AvgIpc) is 3.53. The Morgan fingerprint density at radius 2 is 1.74 bits per heavy atom. The number of anilines is 1. The van der Waals surface area contributed by atoms with E-state index in [1.165, 1.54) is 0 Å². The zero-order valence-electron chi connectivity index (χ0n) is 17.5. The van der Waals surface area contributed by atoms with Crippen molar-refractivity contribution in [3.8, 4) is 11.1 Å². The smallest absolute Gasteiger partial charge is 0.414 e. The number of carboxylic acids is 1. The fourth-order valence-electron chi connectivity index (χ4n) is 4.17. The first-order chi connectivity index (χ1) is 16.4. The van der Waals surface area contributed by atoms with E-state index in [1.807, 2.05) is 48.5 Å². The van der Waals surface area contributed by atoms with Gasteiger partial charge in [0.1, 0.15) is 6.61 Å². The van der Waals surface area contributed by atoms with Gasteiger partial charge in [-0.2, -0.15) is 4.98 Å². The predicted molar refractivity (Wildman–Crippen MR) is 115 cm³/mol. The van der Waals surface area contributed by atoms with Crippen molar-refractivity contribution in [2.45, 2.75) is 18.4 Å². The van der Waals surface area contributed by atoms with Gasteiger partial charge in [-0.1, -0.05) is 48.5 Å². The lowest BCUT2D eigenvalue weighted by molar-refractivity contribution is -0.142. The van der Waals surface area contributed by atoms with Crippen LogP contribution in [0.25, 0.3) is 11.1 Å². The molecule has 12 nitrogen and oxygen atoms in total. The molecule has 0 spiro atoms. The van der Waals surface area contributed by atoms with Crippen molar-refractivity contribution < 1.29 is 29.0 Å². The minimum atomic E-state index is -1.37. The zero-order chi connectivity index (χ0) is 23.8. The SMILES string of the molecule is O=C1CC(C(=O)O)N(C(=O)c2nc(NC(=O)OCC3c4ccccc4-c4ccccc43)n[nH]2)N1. The van der Waals surface area contributed by atoms with Gasteiger partial charge < -0.3 is 9.84 Å². The Kier molecular flexibility index (Phi) is 5.17. The summed E-state index contributed by atoms with van der Waals surface area (Å²) in [5, 5.41) is 18.2. The first kappa shape index (κ1) is 21.1. The number of rotatable bonds is 5. The number of carbonyl (C=O) groups is 4. The normalized spacial score (nSPS) is 16.5. The van der Waals surface area contributed by atoms with E-state index in [-0.39, 0.29) is 30.7 Å². The van der Waals surface area contributed by atoms with Crippen LogP contribution in [0.5, 0.6) is 0 Å². The lowest BCUT2D eigenvalue weighted by Crippen LogP contribution is -2.46. The first-order valence-electron chi connectivity index (χ1n) is 10.3. The van der Waals surface area contributed by atoms with Gasteiger partial charge in [-0.25, -0.2) is 14.6 Å². The van der Waals surface area contributed by atoms with Gasteiger partial charge in [0.25, 0.3) is 5.95 Å². The number of carbonyl (C=O) groups excluding carboxylic acids is 3. The van der Waals surface area contributed by atoms with E-state index in [9.17, 15) is 24.3 Å². The van der Waals surface area contributed by atoms with E-state index in [1.54, 1.807) is 0 Å². The predicted octanol–water partition coefficient (Wildman–Crippen LogP) is 1.50. The molecule has 34 heavy (non-hydrogen) atoms. The molecule has 1 aliphatic carbocycles. The number of carboxylic acid groups (broad SMARTS) is 1. The maximum atomic E-state index is 12.5. The summed E-state index contributed by atoms with van der Waals surface area (Å²) < 4.78 is 5.40. The highest BCUT2D eigenvalue weighted by Gasteiger charge is 2.40. The van der Waals surface area contributed by atoms with E-state index < -0.39 is 29.9 Å². The Bertz CT molecular complexity index is 1270. The number of aliphatic carboxylic acids is 1. The highest BCUT2D eigenvalue weighted by Crippen LogP contribution is 2.44. The lowest BCUT2D eigenvalue weighted by Gasteiger charge is -2.18. The fraction of sp³-hybridized carbons (Fsp3) is 0.182. The number of ether oxygens (including phenoxy) is 1. The van der Waals surface area contributed by atoms with Gasteiger partial charge >= 0.3 is 18.0 Å². The Hall–Kier alpha value is -4.74. The maximum Gasteiger partial charge on any atom is 0.414 e. The van der Waals surface area contributed by atoms with Crippen LogP contribution in [-0.4, -0.2) is 61.8 Å². The maximum absolute atomic E-state index is 12.5. The number of hydrogen-bond donors (Lipinski definition) is 4. The van der Waals surface area contributed by atoms with Crippen molar-refractivity contribution in [1.82, 2.24) is 25.6 Å². The zero-order valence-corrected chi connectivity index (χ0v) is 17.5. The molecule has 1 unspecified atom stereocenters. The second-order valence-corrected chi connectivity index (χ2v) is 7.73. The molecule has 4 N–H and O–H groups in total. The molecule has 1 aromatic heterocycles. The third-order valence-electron chi connectivity index (χ3n) is 5.68. The molecule has 2 aromatic carbocycles. The van der Waals surface area contributed by atoms with Gasteiger partial charge in [0.15, 0.2) is 6.04 Å². The van der Waals surface area contributed by atoms with Crippen LogP contribution in [0.3, 0.4) is 0 Å². The van der Waals surface area contributed by atoms with E-state index in [0.717, 1.165) is 22.3 Å². The van der Waals surface area contributed by atoms with Crippen molar-refractivity contribution >= 4 is 29.8 Å². The van der Waals surface area contributed by atoms with Crippen LogP contribution in [0.4, 0.5) is 10.7 Å². The lowest BCUT2D eigenvalue weighted by atomic mass is 9.98. The standard InChI is InChI=1S/C22H18N6O6/c29-17-9-16(20(31)32)28(27-17)19(30)18-23-21(26-25-18)24-22(33)34-10-15-13-7-3-1-5-11(13)12-6-2-4-8-14(12)15/h1-8,15-16H,9-10H2,(H,27,29)(H,31,32)(H2,23,24,25,26,33). The monoisotopic (exact) mass is 462 g/mol. The minimum Gasteiger partial charge on any atom is -0.480 e. The highest BCUT2D eigenvalue weighted by molar-refractivity contribution is 5.99. The third-order valence-corrected chi connectivity index (χ3v) is 5.68. The summed E-state index contributed by atoms with van der Waals surface area (Å²) in [6.45, 7) is 0.0795. The number of hydrazine groups is 1. The number of aromatic nitrogens is 3. The molecule has 1 aliphatic heterocycles. The van der Waals surface area contributed by atoms with Crippen molar-refractivity contribution in [3.05, 3.63) is 65.5 Å². The summed E-state index contributed by atoms with van der Waals surface area (Å²) >= 11 is 0. The molecule has 1 atom stereocenters. The van der Waals surface area contributed by atoms with Crippen LogP contribution in [-0.2, 0) is 14.3 Å². The molecule has 0 radical (unpaired) electrons. The fourth-order valence-corrected chi connectivity index (χ4v) is 4.17. The number of aromatic amines is 1. The number of nitrogens with one attached hydrogen (secondary N) is 3. The first-order valence-corrected chi connectivity index (χ1v) is 10.3. The average molecular weight is 462 g/mol. The Morgan fingerprint density at radius 3 is 2.38 bits per heavy atom. The molecule has 2 aliphatic rings. The number of fused-ring (bicyclic) bond motifs is 3. The van der Waals surface area contributed by atoms with Crippen LogP contribution in [0.1, 0.15) is 34.1 Å². The van der Waals surface area contributed by atoms with E-state index in [2.05, 4.69) is 25.9 Å². The largest absolute Gasteiger partial charge is 0.480 e. The molecule has 1 fully saturated rings. The topological polar surface area (TPSA) is 167 Å². The molecule has 0 saturated carbocycles. The molecule has 2 heterocycles. The van der Waals surface area contributed by atoms with E-state index in [0.29, 0.717) is 5.01 Å². The van der Waals surface area contributed by atoms with Crippen molar-refractivity contribution in [2.24, 2.45) is 0 Å². The van der Waals surface area contributed by atoms with Gasteiger partial charge in [-0.3, -0.25) is 25.4 Å². The van der Waals surface area contributed by atoms with Crippen LogP contribution < -0.4 is 10.7 Å². The number of benzene rings is 2. The third kappa shape index (κ3) is 3.70. The van der Waals surface area contributed by atoms with Crippen LogP contribution >= 0.6 is 0 Å².